The second-order valence-corrected chi connectivity index (χ2v) is 4.86. The fraction of sp³-hybridized carbons (Fsp3) is 0.667. The fourth-order valence-electron chi connectivity index (χ4n) is 1.66. The zero-order valence-corrected chi connectivity index (χ0v) is 12.3. The van der Waals surface area contributed by atoms with Gasteiger partial charge < -0.3 is 9.64 Å². The average molecular weight is 285 g/mol. The Morgan fingerprint density at radius 1 is 1.32 bits per heavy atom. The van der Waals surface area contributed by atoms with Crippen LogP contribution in [-0.4, -0.2) is 46.6 Å². The highest BCUT2D eigenvalue weighted by atomic mass is 32.1. The van der Waals surface area contributed by atoms with Crippen LogP contribution in [0.25, 0.3) is 0 Å². The SMILES string of the molecule is CCCc1nnsc1C(=O)N(CCC)CC(=O)OC. The maximum atomic E-state index is 12.4. The van der Waals surface area contributed by atoms with Crippen molar-refractivity contribution in [2.75, 3.05) is 20.2 Å². The topological polar surface area (TPSA) is 72.4 Å². The number of hydrogen-bond donors (Lipinski definition) is 0. The first-order valence-electron chi connectivity index (χ1n) is 6.31. The van der Waals surface area contributed by atoms with Crippen molar-refractivity contribution in [3.63, 3.8) is 0 Å². The summed E-state index contributed by atoms with van der Waals surface area (Å²) in [6, 6.07) is 0. The molecule has 0 fully saturated rings. The van der Waals surface area contributed by atoms with Crippen LogP contribution in [0.2, 0.25) is 0 Å². The third-order valence-electron chi connectivity index (χ3n) is 2.57. The van der Waals surface area contributed by atoms with Crippen LogP contribution in [0.4, 0.5) is 0 Å². The van der Waals surface area contributed by atoms with Gasteiger partial charge in [-0.25, -0.2) is 0 Å². The Morgan fingerprint density at radius 2 is 2.05 bits per heavy atom. The van der Waals surface area contributed by atoms with Crippen LogP contribution in [-0.2, 0) is 16.0 Å². The zero-order valence-electron chi connectivity index (χ0n) is 11.5. The molecule has 0 aliphatic rings. The molecule has 1 heterocycles. The number of aryl methyl sites for hydroxylation is 1. The summed E-state index contributed by atoms with van der Waals surface area (Å²) in [7, 11) is 1.31. The first kappa shape index (κ1) is 15.6. The lowest BCUT2D eigenvalue weighted by molar-refractivity contribution is -0.141. The molecule has 0 aliphatic heterocycles. The van der Waals surface area contributed by atoms with Gasteiger partial charge in [-0.2, -0.15) is 0 Å². The molecule has 0 aliphatic carbocycles. The van der Waals surface area contributed by atoms with Gasteiger partial charge >= 0.3 is 5.97 Å². The van der Waals surface area contributed by atoms with E-state index in [1.165, 1.54) is 12.0 Å². The Bertz CT molecular complexity index is 434. The number of amides is 1. The molecule has 0 N–H and O–H groups in total. The minimum absolute atomic E-state index is 0.0351. The second-order valence-electron chi connectivity index (χ2n) is 4.10. The van der Waals surface area contributed by atoms with Crippen LogP contribution in [0.15, 0.2) is 0 Å². The summed E-state index contributed by atoms with van der Waals surface area (Å²) in [5.74, 6) is -0.609. The maximum Gasteiger partial charge on any atom is 0.325 e. The number of carbonyl (C=O) groups is 2. The summed E-state index contributed by atoms with van der Waals surface area (Å²) >= 11 is 1.08. The van der Waals surface area contributed by atoms with Gasteiger partial charge in [0.25, 0.3) is 5.91 Å². The van der Waals surface area contributed by atoms with Crippen LogP contribution >= 0.6 is 11.5 Å². The van der Waals surface area contributed by atoms with Crippen LogP contribution in [0.1, 0.15) is 42.1 Å². The molecule has 7 heteroatoms. The predicted molar refractivity (Wildman–Crippen MR) is 72.1 cm³/mol. The number of esters is 1. The summed E-state index contributed by atoms with van der Waals surface area (Å²) in [4.78, 5) is 25.7. The lowest BCUT2D eigenvalue weighted by Crippen LogP contribution is -2.36. The van der Waals surface area contributed by atoms with Gasteiger partial charge in [-0.1, -0.05) is 24.8 Å². The van der Waals surface area contributed by atoms with Crippen molar-refractivity contribution < 1.29 is 14.3 Å². The van der Waals surface area contributed by atoms with Crippen molar-refractivity contribution in [2.24, 2.45) is 0 Å². The molecule has 19 heavy (non-hydrogen) atoms. The van der Waals surface area contributed by atoms with E-state index in [1.807, 2.05) is 13.8 Å². The summed E-state index contributed by atoms with van der Waals surface area (Å²) in [5, 5.41) is 3.97. The Kier molecular flexibility index (Phi) is 6.41. The van der Waals surface area contributed by atoms with E-state index in [0.717, 1.165) is 30.8 Å². The van der Waals surface area contributed by atoms with Crippen molar-refractivity contribution in [3.05, 3.63) is 10.6 Å². The number of nitrogens with zero attached hydrogens (tertiary/aromatic N) is 3. The van der Waals surface area contributed by atoms with E-state index in [-0.39, 0.29) is 12.5 Å². The lowest BCUT2D eigenvalue weighted by Gasteiger charge is -2.20. The van der Waals surface area contributed by atoms with Crippen LogP contribution in [0.5, 0.6) is 0 Å². The molecule has 0 atom stereocenters. The molecule has 0 saturated heterocycles. The number of methoxy groups -OCH3 is 1. The molecule has 0 spiro atoms. The Balaban J connectivity index is 2.85. The van der Waals surface area contributed by atoms with Crippen LogP contribution in [0, 0.1) is 0 Å². The minimum atomic E-state index is -0.420. The highest BCUT2D eigenvalue weighted by molar-refractivity contribution is 7.08. The molecule has 1 amide bonds. The van der Waals surface area contributed by atoms with E-state index < -0.39 is 5.97 Å². The highest BCUT2D eigenvalue weighted by Crippen LogP contribution is 2.15. The molecular weight excluding hydrogens is 266 g/mol. The van der Waals surface area contributed by atoms with Gasteiger partial charge in [-0.15, -0.1) is 5.10 Å². The first-order valence-corrected chi connectivity index (χ1v) is 7.08. The number of rotatable bonds is 7. The molecule has 1 rings (SSSR count). The third kappa shape index (κ3) is 4.27. The van der Waals surface area contributed by atoms with E-state index in [2.05, 4.69) is 14.3 Å². The van der Waals surface area contributed by atoms with Gasteiger partial charge in [0.15, 0.2) is 0 Å². The van der Waals surface area contributed by atoms with Gasteiger partial charge in [0, 0.05) is 6.54 Å². The van der Waals surface area contributed by atoms with Crippen LogP contribution in [0.3, 0.4) is 0 Å². The second kappa shape index (κ2) is 7.83. The van der Waals surface area contributed by atoms with Gasteiger partial charge in [0.2, 0.25) is 0 Å². The average Bonchev–Trinajstić information content (AvgIpc) is 2.86. The summed E-state index contributed by atoms with van der Waals surface area (Å²) < 4.78 is 8.44. The van der Waals surface area contributed by atoms with Gasteiger partial charge in [-0.05, 0) is 24.4 Å². The molecule has 0 saturated carbocycles. The Morgan fingerprint density at radius 3 is 2.63 bits per heavy atom. The first-order chi connectivity index (χ1) is 9.13. The van der Waals surface area contributed by atoms with E-state index >= 15 is 0 Å². The van der Waals surface area contributed by atoms with Crippen LogP contribution < -0.4 is 0 Å². The predicted octanol–water partition coefficient (Wildman–Crippen LogP) is 1.52. The van der Waals surface area contributed by atoms with Crippen molar-refractivity contribution in [1.82, 2.24) is 14.5 Å². The molecular formula is C12H19N3O3S. The molecule has 106 valence electrons. The van der Waals surface area contributed by atoms with Crippen molar-refractivity contribution >= 4 is 23.4 Å². The van der Waals surface area contributed by atoms with Crippen molar-refractivity contribution in [3.8, 4) is 0 Å². The summed E-state index contributed by atoms with van der Waals surface area (Å²) in [6.45, 7) is 4.45. The van der Waals surface area contributed by atoms with Gasteiger partial charge in [0.1, 0.15) is 11.4 Å². The van der Waals surface area contributed by atoms with Crippen molar-refractivity contribution in [2.45, 2.75) is 33.1 Å². The lowest BCUT2D eigenvalue weighted by atomic mass is 10.2. The molecule has 1 aromatic heterocycles. The molecule has 0 bridgehead atoms. The summed E-state index contributed by atoms with van der Waals surface area (Å²) in [6.07, 6.45) is 2.39. The zero-order chi connectivity index (χ0) is 14.3. The molecule has 6 nitrogen and oxygen atoms in total. The standard InChI is InChI=1S/C12H19N3O3S/c1-4-6-9-11(19-14-13-9)12(17)15(7-5-2)8-10(16)18-3/h4-8H2,1-3H3. The smallest absolute Gasteiger partial charge is 0.325 e. The molecule has 0 aromatic carbocycles. The Labute approximate surface area is 116 Å². The monoisotopic (exact) mass is 285 g/mol. The normalized spacial score (nSPS) is 10.3. The fourth-order valence-corrected chi connectivity index (χ4v) is 2.33. The number of hydrogen-bond acceptors (Lipinski definition) is 6. The largest absolute Gasteiger partial charge is 0.468 e. The molecule has 0 radical (unpaired) electrons. The minimum Gasteiger partial charge on any atom is -0.468 e. The van der Waals surface area contributed by atoms with Gasteiger partial charge in [-0.3, -0.25) is 9.59 Å². The Hall–Kier alpha value is -1.50. The maximum absolute atomic E-state index is 12.4. The van der Waals surface area contributed by atoms with E-state index in [4.69, 9.17) is 0 Å². The van der Waals surface area contributed by atoms with E-state index in [9.17, 15) is 9.59 Å². The molecule has 0 unspecified atom stereocenters. The summed E-state index contributed by atoms with van der Waals surface area (Å²) in [5.41, 5.74) is 0.712. The van der Waals surface area contributed by atoms with Gasteiger partial charge in [0.05, 0.1) is 12.8 Å². The number of aromatic nitrogens is 2. The highest BCUT2D eigenvalue weighted by Gasteiger charge is 2.23. The number of carbonyl (C=O) groups excluding carboxylic acids is 2. The van der Waals surface area contributed by atoms with E-state index in [0.29, 0.717) is 17.1 Å². The quantitative estimate of drug-likeness (QED) is 0.710. The third-order valence-corrected chi connectivity index (χ3v) is 3.32. The number of ether oxygens (including phenoxy) is 1. The molecule has 1 aromatic rings. The van der Waals surface area contributed by atoms with E-state index in [1.54, 1.807) is 0 Å². The van der Waals surface area contributed by atoms with Crippen molar-refractivity contribution in [1.29, 1.82) is 0 Å².